The molecule has 3 saturated heterocycles. The quantitative estimate of drug-likeness (QED) is 0.381. The van der Waals surface area contributed by atoms with Gasteiger partial charge in [-0.15, -0.1) is 0 Å². The van der Waals surface area contributed by atoms with E-state index in [1.807, 2.05) is 6.92 Å². The van der Waals surface area contributed by atoms with E-state index in [1.165, 1.54) is 0 Å². The molecule has 5 rings (SSSR count). The molecule has 1 unspecified atom stereocenters. The summed E-state index contributed by atoms with van der Waals surface area (Å²) < 4.78 is 16.9. The number of aliphatic hydroxyl groups is 2. The van der Waals surface area contributed by atoms with Crippen LogP contribution in [0.15, 0.2) is 12.2 Å². The smallest absolute Gasteiger partial charge is 0.313 e. The first-order valence-corrected chi connectivity index (χ1v) is 7.36. The second-order valence-corrected chi connectivity index (χ2v) is 7.41. The summed E-state index contributed by atoms with van der Waals surface area (Å²) in [4.78, 5) is 12.4. The highest BCUT2D eigenvalue weighted by molar-refractivity contribution is 5.80. The molecular weight excluding hydrogens is 276 g/mol. The lowest BCUT2D eigenvalue weighted by Crippen LogP contribution is -2.70. The summed E-state index contributed by atoms with van der Waals surface area (Å²) in [5.74, 6) is -1.48. The maximum absolute atomic E-state index is 12.4. The standard InChI is InChI=1S/C15H18O6/c1-5(2)6-7-12(16)20-8(6)9-13(3)14(17,4-19-9)10-11(21-10)15(7,13)18/h6-11,17-18H,1,4H2,2-3H3/t6?,7-,8-,9-,10-,11+,13+,14-,15+/m1/s1. The van der Waals surface area contributed by atoms with Gasteiger partial charge in [-0.05, 0) is 6.92 Å². The van der Waals surface area contributed by atoms with Gasteiger partial charge in [0.2, 0.25) is 0 Å². The van der Waals surface area contributed by atoms with Gasteiger partial charge >= 0.3 is 5.97 Å². The minimum absolute atomic E-state index is 0.0985. The molecule has 6 heteroatoms. The molecule has 2 aliphatic carbocycles. The number of epoxide rings is 1. The summed E-state index contributed by atoms with van der Waals surface area (Å²) in [5.41, 5.74) is -2.90. The number of hydrogen-bond acceptors (Lipinski definition) is 6. The molecule has 0 aromatic rings. The van der Waals surface area contributed by atoms with E-state index in [9.17, 15) is 15.0 Å². The van der Waals surface area contributed by atoms with Crippen LogP contribution in [-0.2, 0) is 19.0 Å². The number of ether oxygens (including phenoxy) is 3. The molecule has 3 heterocycles. The van der Waals surface area contributed by atoms with Crippen LogP contribution in [0.2, 0.25) is 0 Å². The van der Waals surface area contributed by atoms with Crippen LogP contribution < -0.4 is 0 Å². The zero-order valence-corrected chi connectivity index (χ0v) is 11.9. The van der Waals surface area contributed by atoms with E-state index in [0.717, 1.165) is 5.57 Å². The molecule has 0 aromatic heterocycles. The van der Waals surface area contributed by atoms with Crippen LogP contribution in [0.3, 0.4) is 0 Å². The third kappa shape index (κ3) is 0.933. The van der Waals surface area contributed by atoms with Gasteiger partial charge in [0.05, 0.1) is 17.9 Å². The molecule has 6 nitrogen and oxygen atoms in total. The molecule has 2 N–H and O–H groups in total. The lowest BCUT2D eigenvalue weighted by Gasteiger charge is -2.53. The molecule has 5 aliphatic rings. The summed E-state index contributed by atoms with van der Waals surface area (Å²) in [6, 6.07) is 0. The van der Waals surface area contributed by atoms with Gasteiger partial charge in [0, 0.05) is 5.92 Å². The maximum Gasteiger partial charge on any atom is 0.313 e. The van der Waals surface area contributed by atoms with E-state index in [1.54, 1.807) is 6.92 Å². The fourth-order valence-electron chi connectivity index (χ4n) is 5.65. The highest BCUT2D eigenvalue weighted by atomic mass is 16.7. The first-order valence-electron chi connectivity index (χ1n) is 7.36. The van der Waals surface area contributed by atoms with Crippen LogP contribution in [0.4, 0.5) is 0 Å². The third-order valence-corrected chi connectivity index (χ3v) is 6.74. The number of esters is 1. The van der Waals surface area contributed by atoms with Crippen LogP contribution in [0, 0.1) is 17.3 Å². The van der Waals surface area contributed by atoms with Crippen molar-refractivity contribution >= 4 is 5.97 Å². The number of hydrogen-bond donors (Lipinski definition) is 2. The Morgan fingerprint density at radius 2 is 2.05 bits per heavy atom. The van der Waals surface area contributed by atoms with Crippen molar-refractivity contribution in [1.29, 1.82) is 0 Å². The zero-order valence-electron chi connectivity index (χ0n) is 11.9. The zero-order chi connectivity index (χ0) is 14.9. The van der Waals surface area contributed by atoms with Gasteiger partial charge in [-0.2, -0.15) is 0 Å². The van der Waals surface area contributed by atoms with Gasteiger partial charge in [-0.25, -0.2) is 0 Å². The van der Waals surface area contributed by atoms with E-state index in [4.69, 9.17) is 14.2 Å². The summed E-state index contributed by atoms with van der Waals surface area (Å²) in [6.07, 6.45) is -2.02. The van der Waals surface area contributed by atoms with Crippen molar-refractivity contribution in [2.45, 2.75) is 49.5 Å². The van der Waals surface area contributed by atoms with E-state index >= 15 is 0 Å². The second-order valence-electron chi connectivity index (χ2n) is 7.41. The number of fused-ring (bicyclic) bond motifs is 7. The fraction of sp³-hybridized carbons (Fsp3) is 0.800. The van der Waals surface area contributed by atoms with Crippen molar-refractivity contribution in [2.24, 2.45) is 17.3 Å². The molecule has 5 fully saturated rings. The molecule has 9 atom stereocenters. The molecule has 2 saturated carbocycles. The lowest BCUT2D eigenvalue weighted by molar-refractivity contribution is -0.227. The molecule has 0 aromatic carbocycles. The monoisotopic (exact) mass is 294 g/mol. The second kappa shape index (κ2) is 3.06. The van der Waals surface area contributed by atoms with Crippen LogP contribution >= 0.6 is 0 Å². The molecule has 114 valence electrons. The van der Waals surface area contributed by atoms with E-state index in [2.05, 4.69) is 6.58 Å². The minimum Gasteiger partial charge on any atom is -0.459 e. The number of carbonyl (C=O) groups excluding carboxylic acids is 1. The first kappa shape index (κ1) is 12.6. The van der Waals surface area contributed by atoms with Gasteiger partial charge < -0.3 is 24.4 Å². The normalized spacial score (nSPS) is 65.8. The van der Waals surface area contributed by atoms with E-state index in [-0.39, 0.29) is 12.5 Å². The Morgan fingerprint density at radius 3 is 2.71 bits per heavy atom. The Morgan fingerprint density at radius 1 is 1.33 bits per heavy atom. The van der Waals surface area contributed by atoms with Crippen LogP contribution in [0.25, 0.3) is 0 Å². The predicted molar refractivity (Wildman–Crippen MR) is 68.1 cm³/mol. The van der Waals surface area contributed by atoms with Gasteiger partial charge in [0.1, 0.15) is 35.6 Å². The summed E-state index contributed by atoms with van der Waals surface area (Å²) in [5, 5.41) is 22.5. The van der Waals surface area contributed by atoms with E-state index < -0.39 is 52.9 Å². The first-order chi connectivity index (χ1) is 9.78. The van der Waals surface area contributed by atoms with Crippen molar-refractivity contribution < 1.29 is 29.2 Å². The van der Waals surface area contributed by atoms with Crippen LogP contribution in [0.1, 0.15) is 13.8 Å². The third-order valence-electron chi connectivity index (χ3n) is 6.74. The van der Waals surface area contributed by atoms with Crippen LogP contribution in [0.5, 0.6) is 0 Å². The topological polar surface area (TPSA) is 88.5 Å². The molecule has 3 aliphatic heterocycles. The van der Waals surface area contributed by atoms with Gasteiger partial charge in [-0.3, -0.25) is 4.79 Å². The highest BCUT2D eigenvalue weighted by Gasteiger charge is 2.93. The maximum atomic E-state index is 12.4. The van der Waals surface area contributed by atoms with Crippen molar-refractivity contribution in [1.82, 2.24) is 0 Å². The average Bonchev–Trinajstić information content (AvgIpc) is 3.05. The van der Waals surface area contributed by atoms with E-state index in [0.29, 0.717) is 0 Å². The molecule has 2 bridgehead atoms. The Bertz CT molecular complexity index is 603. The Hall–Kier alpha value is -0.950. The highest BCUT2D eigenvalue weighted by Crippen LogP contribution is 2.74. The van der Waals surface area contributed by atoms with Gasteiger partial charge in [0.15, 0.2) is 0 Å². The van der Waals surface area contributed by atoms with Crippen molar-refractivity contribution in [2.75, 3.05) is 6.61 Å². The fourth-order valence-corrected chi connectivity index (χ4v) is 5.65. The largest absolute Gasteiger partial charge is 0.459 e. The van der Waals surface area contributed by atoms with Crippen LogP contribution in [-0.4, -0.2) is 58.4 Å². The molecular formula is C15H18O6. The Balaban J connectivity index is 1.79. The number of rotatable bonds is 1. The lowest BCUT2D eigenvalue weighted by atomic mass is 9.52. The van der Waals surface area contributed by atoms with Gasteiger partial charge in [0.25, 0.3) is 0 Å². The minimum atomic E-state index is -1.47. The van der Waals surface area contributed by atoms with Crippen molar-refractivity contribution in [3.05, 3.63) is 12.2 Å². The molecule has 0 radical (unpaired) electrons. The average molecular weight is 294 g/mol. The summed E-state index contributed by atoms with van der Waals surface area (Å²) >= 11 is 0. The predicted octanol–water partition coefficient (Wildman–Crippen LogP) is -0.618. The summed E-state index contributed by atoms with van der Waals surface area (Å²) in [7, 11) is 0. The molecule has 0 amide bonds. The SMILES string of the molecule is C=C(C)C1[C@H]2OC(=O)[C@@H]1[C@]1(O)[C@H]3O[C@H]3[C@]3(O)CO[C@H]2[C@]13C. The summed E-state index contributed by atoms with van der Waals surface area (Å²) in [6.45, 7) is 7.69. The Labute approximate surface area is 121 Å². The number of carbonyl (C=O) groups is 1. The van der Waals surface area contributed by atoms with Gasteiger partial charge in [-0.1, -0.05) is 19.1 Å². The van der Waals surface area contributed by atoms with Crippen molar-refractivity contribution in [3.8, 4) is 0 Å². The Kier molecular flexibility index (Phi) is 1.83. The molecule has 0 spiro atoms. The van der Waals surface area contributed by atoms with Crippen molar-refractivity contribution in [3.63, 3.8) is 0 Å². The molecule has 21 heavy (non-hydrogen) atoms.